The van der Waals surface area contributed by atoms with Crippen molar-refractivity contribution in [1.82, 2.24) is 9.22 Å². The second-order valence-corrected chi connectivity index (χ2v) is 8.66. The molecule has 1 heterocycles. The highest BCUT2D eigenvalue weighted by atomic mass is 79.9. The lowest BCUT2D eigenvalue weighted by Gasteiger charge is -2.16. The summed E-state index contributed by atoms with van der Waals surface area (Å²) in [6.45, 7) is 6.24. The molecule has 1 aromatic rings. The summed E-state index contributed by atoms with van der Waals surface area (Å²) in [7, 11) is -1.65. The second-order valence-electron chi connectivity index (χ2n) is 3.12. The van der Waals surface area contributed by atoms with Gasteiger partial charge in [-0.15, -0.1) is 0 Å². The monoisotopic (exact) mass is 220 g/mol. The van der Waals surface area contributed by atoms with E-state index in [1.807, 2.05) is 0 Å². The van der Waals surface area contributed by atoms with E-state index in [0.717, 1.165) is 0 Å². The molecule has 0 fully saturated rings. The zero-order valence-corrected chi connectivity index (χ0v) is 8.86. The van der Waals surface area contributed by atoms with Crippen molar-refractivity contribution in [3.05, 3.63) is 17.1 Å². The van der Waals surface area contributed by atoms with E-state index in [-0.39, 0.29) is 6.30 Å². The number of hydrogen-bond acceptors (Lipinski definition) is 1. The molecular weight excluding hydrogens is 208 g/mol. The zero-order valence-electron chi connectivity index (χ0n) is 8.27. The maximum atomic E-state index is 7.64. The van der Waals surface area contributed by atoms with E-state index in [0.29, 0.717) is 10.8 Å². The smallest absolute Gasteiger partial charge is 0.154 e. The Kier molecular flexibility index (Phi) is 1.39. The summed E-state index contributed by atoms with van der Waals surface area (Å²) >= 11 is 3.14. The minimum atomic E-state index is -1.65. The van der Waals surface area contributed by atoms with E-state index < -0.39 is 8.24 Å². The zero-order chi connectivity index (χ0) is 9.52. The van der Waals surface area contributed by atoms with E-state index in [9.17, 15) is 0 Å². The highest BCUT2D eigenvalue weighted by molar-refractivity contribution is 9.10. The van der Waals surface area contributed by atoms with Gasteiger partial charge in [-0.3, -0.25) is 0 Å². The summed E-state index contributed by atoms with van der Waals surface area (Å²) in [4.78, 5) is 3.87. The van der Waals surface area contributed by atoms with Crippen LogP contribution < -0.4 is 0 Å². The van der Waals surface area contributed by atoms with E-state index in [4.69, 9.17) is 2.74 Å². The van der Waals surface area contributed by atoms with Crippen LogP contribution in [0.25, 0.3) is 0 Å². The van der Waals surface area contributed by atoms with Crippen LogP contribution in [0.4, 0.5) is 0 Å². The van der Waals surface area contributed by atoms with Crippen LogP contribution >= 0.6 is 15.9 Å². The van der Waals surface area contributed by atoms with E-state index in [1.165, 1.54) is 0 Å². The number of hydrogen-bond donors (Lipinski definition) is 0. The number of imidazole rings is 1. The third-order valence-corrected chi connectivity index (χ3v) is 3.03. The van der Waals surface area contributed by atoms with Gasteiger partial charge in [-0.25, -0.2) is 4.98 Å². The molecular formula is C6H11BrN2Si. The lowest BCUT2D eigenvalue weighted by Crippen LogP contribution is -2.30. The van der Waals surface area contributed by atoms with Crippen LogP contribution in [0.15, 0.2) is 17.1 Å². The molecule has 0 aliphatic rings. The Morgan fingerprint density at radius 1 is 1.70 bits per heavy atom. The van der Waals surface area contributed by atoms with Crippen LogP contribution in [-0.4, -0.2) is 17.5 Å². The Balaban J connectivity index is 3.32. The van der Waals surface area contributed by atoms with Gasteiger partial charge in [0, 0.05) is 6.17 Å². The standard InChI is InChI=1S/C6H11BrN2Si/c1-10(2,3)9-4-6(7)8-5-9/h4-5H,1-3H3/i4D,5D. The largest absolute Gasteiger partial charge is 0.364 e. The van der Waals surface area contributed by atoms with E-state index in [1.54, 1.807) is 4.23 Å². The van der Waals surface area contributed by atoms with Crippen molar-refractivity contribution < 1.29 is 2.74 Å². The Labute approximate surface area is 73.3 Å². The number of nitrogens with zero attached hydrogens (tertiary/aromatic N) is 2. The number of aromatic nitrogens is 2. The molecule has 0 saturated heterocycles. The summed E-state index contributed by atoms with van der Waals surface area (Å²) in [6.07, 6.45) is 0.505. The molecule has 0 aliphatic heterocycles. The van der Waals surface area contributed by atoms with Crippen molar-refractivity contribution in [3.8, 4) is 0 Å². The summed E-state index contributed by atoms with van der Waals surface area (Å²) in [5.41, 5.74) is 0. The van der Waals surface area contributed by atoms with Gasteiger partial charge in [0.2, 0.25) is 0 Å². The first-order valence-corrected chi connectivity index (χ1v) is 7.30. The Hall–Kier alpha value is -0.0931. The molecule has 2 nitrogen and oxygen atoms in total. The normalized spacial score (nSPS) is 14.8. The van der Waals surface area contributed by atoms with Gasteiger partial charge in [0.25, 0.3) is 0 Å². The van der Waals surface area contributed by atoms with Crippen molar-refractivity contribution in [1.29, 1.82) is 0 Å². The van der Waals surface area contributed by atoms with Crippen molar-refractivity contribution in [3.63, 3.8) is 0 Å². The lowest BCUT2D eigenvalue weighted by atomic mass is 11.0. The molecule has 4 heteroatoms. The fourth-order valence-corrected chi connectivity index (χ4v) is 1.77. The van der Waals surface area contributed by atoms with Crippen molar-refractivity contribution in [2.24, 2.45) is 0 Å². The SMILES string of the molecule is [2H]c1nc(Br)c([2H])n1[Si](C)(C)C. The highest BCUT2D eigenvalue weighted by Gasteiger charge is 2.15. The van der Waals surface area contributed by atoms with Crippen LogP contribution in [0.1, 0.15) is 2.74 Å². The molecule has 0 radical (unpaired) electrons. The first-order valence-electron chi connectivity index (χ1n) is 4.06. The van der Waals surface area contributed by atoms with Gasteiger partial charge in [-0.05, 0) is 15.9 Å². The van der Waals surface area contributed by atoms with Crippen LogP contribution in [-0.2, 0) is 0 Å². The van der Waals surface area contributed by atoms with Crippen molar-refractivity contribution in [2.75, 3.05) is 0 Å². The molecule has 0 atom stereocenters. The van der Waals surface area contributed by atoms with Crippen LogP contribution in [0, 0.1) is 0 Å². The topological polar surface area (TPSA) is 17.8 Å². The van der Waals surface area contributed by atoms with E-state index >= 15 is 0 Å². The molecule has 0 aromatic carbocycles. The van der Waals surface area contributed by atoms with Gasteiger partial charge in [-0.2, -0.15) is 0 Å². The average Bonchev–Trinajstić information content (AvgIpc) is 2.05. The van der Waals surface area contributed by atoms with Gasteiger partial charge in [-0.1, -0.05) is 19.6 Å². The average molecular weight is 221 g/mol. The summed E-state index contributed by atoms with van der Waals surface area (Å²) in [5, 5.41) is 0. The first kappa shape index (κ1) is 5.54. The molecule has 0 unspecified atom stereocenters. The summed E-state index contributed by atoms with van der Waals surface area (Å²) in [6, 6.07) is 0. The Morgan fingerprint density at radius 3 is 2.50 bits per heavy atom. The molecule has 0 N–H and O–H groups in total. The molecule has 56 valence electrons. The van der Waals surface area contributed by atoms with Gasteiger partial charge in [0.1, 0.15) is 5.97 Å². The fourth-order valence-electron chi connectivity index (χ4n) is 0.554. The van der Waals surface area contributed by atoms with Gasteiger partial charge in [0.15, 0.2) is 8.24 Å². The second kappa shape index (κ2) is 2.51. The molecule has 0 bridgehead atoms. The molecule has 1 rings (SSSR count). The van der Waals surface area contributed by atoms with Gasteiger partial charge < -0.3 is 4.23 Å². The third-order valence-electron chi connectivity index (χ3n) is 1.12. The van der Waals surface area contributed by atoms with Gasteiger partial charge >= 0.3 is 0 Å². The molecule has 10 heavy (non-hydrogen) atoms. The maximum absolute atomic E-state index is 7.64. The molecule has 0 amide bonds. The quantitative estimate of drug-likeness (QED) is 0.665. The lowest BCUT2D eigenvalue weighted by molar-refractivity contribution is 1.12. The maximum Gasteiger partial charge on any atom is 0.154 e. The Bertz CT molecular complexity index is 305. The first-order chi connectivity index (χ1) is 5.34. The van der Waals surface area contributed by atoms with Crippen molar-refractivity contribution in [2.45, 2.75) is 19.6 Å². The summed E-state index contributed by atoms with van der Waals surface area (Å²) < 4.78 is 17.3. The van der Waals surface area contributed by atoms with E-state index in [2.05, 4.69) is 40.6 Å². The number of halogens is 1. The number of rotatable bonds is 1. The molecule has 0 aliphatic carbocycles. The summed E-state index contributed by atoms with van der Waals surface area (Å²) in [5.74, 6) is 0. The predicted octanol–water partition coefficient (Wildman–Crippen LogP) is 2.33. The Morgan fingerprint density at radius 2 is 2.30 bits per heavy atom. The highest BCUT2D eigenvalue weighted by Crippen LogP contribution is 2.10. The van der Waals surface area contributed by atoms with Crippen LogP contribution in [0.3, 0.4) is 0 Å². The van der Waals surface area contributed by atoms with Gasteiger partial charge in [0.05, 0.1) is 7.67 Å². The molecule has 1 aromatic heterocycles. The molecule has 0 saturated carbocycles. The molecule has 0 spiro atoms. The minimum absolute atomic E-state index is 0.186. The third kappa shape index (κ3) is 1.70. The fraction of sp³-hybridized carbons (Fsp3) is 0.500. The minimum Gasteiger partial charge on any atom is -0.364 e. The predicted molar refractivity (Wildman–Crippen MR) is 48.7 cm³/mol. The van der Waals surface area contributed by atoms with Crippen LogP contribution in [0.2, 0.25) is 19.6 Å². The van der Waals surface area contributed by atoms with Crippen molar-refractivity contribution >= 4 is 24.2 Å². The van der Waals surface area contributed by atoms with Crippen LogP contribution in [0.5, 0.6) is 0 Å².